The highest BCUT2D eigenvalue weighted by molar-refractivity contribution is 6.44. The van der Waals surface area contributed by atoms with Gasteiger partial charge in [-0.2, -0.15) is 0 Å². The largest absolute Gasteiger partial charge is 0.853 e. The molecule has 0 saturated carbocycles. The third kappa shape index (κ3) is 4.31. The number of nitro benzene ring substituents is 2. The Kier molecular flexibility index (Phi) is 5.85. The lowest BCUT2D eigenvalue weighted by Crippen LogP contribution is -2.27. The zero-order valence-corrected chi connectivity index (χ0v) is 16.4. The number of nitrogens with zero attached hydrogens (tertiary/aromatic N) is 2. The molecule has 0 aliphatic heterocycles. The molecule has 0 spiro atoms. The Balaban J connectivity index is 2.23. The third-order valence-electron chi connectivity index (χ3n) is 3.88. The predicted molar refractivity (Wildman–Crippen MR) is 98.0 cm³/mol. The van der Waals surface area contributed by atoms with Gasteiger partial charge in [0.15, 0.2) is 0 Å². The smallest absolute Gasteiger partial charge is 0.612 e. The van der Waals surface area contributed by atoms with E-state index in [0.29, 0.717) is 33.8 Å². The van der Waals surface area contributed by atoms with Gasteiger partial charge >= 0.3 is 14.8 Å². The van der Waals surface area contributed by atoms with Crippen LogP contribution in [0.4, 0.5) is 11.4 Å². The van der Waals surface area contributed by atoms with Crippen LogP contribution in [-0.4, -0.2) is 24.7 Å². The number of nitro groups is 2. The summed E-state index contributed by atoms with van der Waals surface area (Å²) in [4.78, 5) is 21.0. The second-order valence-electron chi connectivity index (χ2n) is 6.13. The highest BCUT2D eigenvalue weighted by Crippen LogP contribution is 2.31. The van der Waals surface area contributed by atoms with Crippen LogP contribution < -0.4 is 7.58 Å². The fraction of sp³-hybridized carbons (Fsp3) is 0.294. The van der Waals surface area contributed by atoms with Crippen molar-refractivity contribution in [2.45, 2.75) is 33.5 Å². The van der Waals surface area contributed by atoms with E-state index in [2.05, 4.69) is 0 Å². The molecule has 0 bridgehead atoms. The fourth-order valence-electron chi connectivity index (χ4n) is 2.79. The van der Waals surface area contributed by atoms with Crippen LogP contribution in [0, 0.1) is 47.9 Å². The van der Waals surface area contributed by atoms with Crippen LogP contribution in [0.15, 0.2) is 24.3 Å². The summed E-state index contributed by atoms with van der Waals surface area (Å²) < 4.78 is 11.9. The zero-order valence-electron chi connectivity index (χ0n) is 15.2. The van der Waals surface area contributed by atoms with Crippen LogP contribution in [0.25, 0.3) is 0 Å². The predicted octanol–water partition coefficient (Wildman–Crippen LogP) is 4.31. The molecule has 0 unspecified atom stereocenters. The summed E-state index contributed by atoms with van der Waals surface area (Å²) in [6, 6.07) is 5.86. The topological polar surface area (TPSA) is 105 Å². The Bertz CT molecular complexity index is 766. The van der Waals surface area contributed by atoms with Crippen LogP contribution in [0.2, 0.25) is 5.79 Å². The average molecular weight is 374 g/mol. The number of aryl methyl sites for hydroxylation is 4. The highest BCUT2D eigenvalue weighted by Gasteiger charge is 2.28. The number of hydrogen-bond acceptors (Lipinski definition) is 6. The van der Waals surface area contributed by atoms with E-state index < -0.39 is 24.7 Å². The lowest BCUT2D eigenvalue weighted by Gasteiger charge is -2.19. The first-order chi connectivity index (χ1) is 12.1. The summed E-state index contributed by atoms with van der Waals surface area (Å²) in [6.45, 7) is 7.00. The molecule has 0 heterocycles. The summed E-state index contributed by atoms with van der Waals surface area (Å²) >= 11 is -2.19. The van der Waals surface area contributed by atoms with E-state index in [0.717, 1.165) is 0 Å². The lowest BCUT2D eigenvalue weighted by atomic mass is 10.1. The molecule has 8 nitrogen and oxygen atoms in total. The molecule has 9 heteroatoms. The van der Waals surface area contributed by atoms with Gasteiger partial charge < -0.3 is 7.58 Å². The lowest BCUT2D eigenvalue weighted by molar-refractivity contribution is -0.385. The Morgan fingerprint density at radius 1 is 0.731 bits per heavy atom. The SMILES string of the molecule is Cc1cc([N+](=O)[O-])cc(C)c1[O][Al]([CH3])[O]c1c(C)cc([N+](=O)[O-])cc1C. The van der Waals surface area contributed by atoms with Gasteiger partial charge in [0.2, 0.25) is 0 Å². The summed E-state index contributed by atoms with van der Waals surface area (Å²) in [5.41, 5.74) is 2.69. The minimum absolute atomic E-state index is 0.0182. The number of hydrogen-bond donors (Lipinski definition) is 0. The number of benzene rings is 2. The van der Waals surface area contributed by atoms with Crippen molar-refractivity contribution >= 4 is 26.2 Å². The van der Waals surface area contributed by atoms with E-state index in [4.69, 9.17) is 7.58 Å². The van der Waals surface area contributed by atoms with Gasteiger partial charge in [0.05, 0.1) is 21.3 Å². The number of non-ortho nitro benzene ring substituents is 2. The summed E-state index contributed by atoms with van der Waals surface area (Å²) in [5.74, 6) is 2.99. The van der Waals surface area contributed by atoms with Crippen LogP contribution in [0.1, 0.15) is 22.3 Å². The van der Waals surface area contributed by atoms with Crippen molar-refractivity contribution in [2.24, 2.45) is 0 Å². The summed E-state index contributed by atoms with van der Waals surface area (Å²) in [5, 5.41) is 21.9. The van der Waals surface area contributed by atoms with Crippen LogP contribution >= 0.6 is 0 Å². The van der Waals surface area contributed by atoms with Crippen LogP contribution in [0.3, 0.4) is 0 Å². The maximum atomic E-state index is 10.9. The van der Waals surface area contributed by atoms with E-state index in [1.807, 2.05) is 5.79 Å². The van der Waals surface area contributed by atoms with Crippen molar-refractivity contribution in [3.05, 3.63) is 66.7 Å². The minimum atomic E-state index is -2.19. The molecule has 0 N–H and O–H groups in total. The van der Waals surface area contributed by atoms with Gasteiger partial charge in [0, 0.05) is 24.3 Å². The van der Waals surface area contributed by atoms with E-state index in [-0.39, 0.29) is 11.4 Å². The Labute approximate surface area is 155 Å². The monoisotopic (exact) mass is 374 g/mol. The van der Waals surface area contributed by atoms with Crippen molar-refractivity contribution < 1.29 is 17.4 Å². The standard InChI is InChI=1S/2C8H9NO3.CH3.Al/c2*1-5-3-7(9(11)12)4-6(2)8(5)10;;/h2*3-4,10H,1-2H3;1H3;/q;;;+2/p-2. The molecule has 0 aliphatic carbocycles. The van der Waals surface area contributed by atoms with E-state index in [9.17, 15) is 20.2 Å². The Morgan fingerprint density at radius 2 is 1.00 bits per heavy atom. The van der Waals surface area contributed by atoms with Crippen molar-refractivity contribution in [3.8, 4) is 11.5 Å². The zero-order chi connectivity index (χ0) is 19.6. The van der Waals surface area contributed by atoms with E-state index >= 15 is 0 Å². The molecule has 2 aromatic carbocycles. The maximum absolute atomic E-state index is 10.9. The summed E-state index contributed by atoms with van der Waals surface area (Å²) in [6.07, 6.45) is 0. The molecule has 136 valence electrons. The van der Waals surface area contributed by atoms with Crippen LogP contribution in [0.5, 0.6) is 11.5 Å². The van der Waals surface area contributed by atoms with Gasteiger partial charge in [-0.1, -0.05) is 0 Å². The number of rotatable bonds is 6. The van der Waals surface area contributed by atoms with Crippen LogP contribution in [-0.2, 0) is 0 Å². The van der Waals surface area contributed by atoms with E-state index in [1.54, 1.807) is 27.7 Å². The van der Waals surface area contributed by atoms with Gasteiger partial charge in [-0.3, -0.25) is 20.2 Å². The van der Waals surface area contributed by atoms with Gasteiger partial charge in [0.1, 0.15) is 0 Å². The second kappa shape index (κ2) is 7.72. The molecular weight excluding hydrogens is 355 g/mol. The molecular formula is C17H19AlN2O6. The molecule has 0 saturated heterocycles. The molecule has 2 aromatic rings. The van der Waals surface area contributed by atoms with Crippen molar-refractivity contribution in [3.63, 3.8) is 0 Å². The first-order valence-corrected chi connectivity index (χ1v) is 10.0. The molecule has 0 atom stereocenters. The van der Waals surface area contributed by atoms with Gasteiger partial charge in [-0.25, -0.2) is 0 Å². The molecule has 0 radical (unpaired) electrons. The first kappa shape index (κ1) is 19.7. The normalized spacial score (nSPS) is 10.3. The minimum Gasteiger partial charge on any atom is -0.612 e. The Hall–Kier alpha value is -2.63. The fourth-order valence-corrected chi connectivity index (χ4v) is 4.25. The average Bonchev–Trinajstić information content (AvgIpc) is 2.53. The second-order valence-corrected chi connectivity index (χ2v) is 7.74. The first-order valence-electron chi connectivity index (χ1n) is 7.94. The third-order valence-corrected chi connectivity index (χ3v) is 5.01. The molecule has 0 amide bonds. The molecule has 2 rings (SSSR count). The highest BCUT2D eigenvalue weighted by atomic mass is 27.2. The molecule has 0 fully saturated rings. The molecule has 26 heavy (non-hydrogen) atoms. The summed E-state index contributed by atoms with van der Waals surface area (Å²) in [7, 11) is 0. The maximum Gasteiger partial charge on any atom is 0.853 e. The van der Waals surface area contributed by atoms with Gasteiger partial charge in [-0.05, 0) is 55.7 Å². The van der Waals surface area contributed by atoms with E-state index in [1.165, 1.54) is 24.3 Å². The molecule has 0 aromatic heterocycles. The van der Waals surface area contributed by atoms with Crippen molar-refractivity contribution in [1.82, 2.24) is 0 Å². The Morgan fingerprint density at radius 3 is 1.23 bits per heavy atom. The van der Waals surface area contributed by atoms with Crippen molar-refractivity contribution in [2.75, 3.05) is 0 Å². The quantitative estimate of drug-likeness (QED) is 0.424. The van der Waals surface area contributed by atoms with Crippen molar-refractivity contribution in [1.29, 1.82) is 0 Å². The van der Waals surface area contributed by atoms with Gasteiger partial charge in [-0.15, -0.1) is 0 Å². The van der Waals surface area contributed by atoms with Gasteiger partial charge in [0.25, 0.3) is 11.4 Å². The molecule has 0 aliphatic rings.